The minimum Gasteiger partial charge on any atom is -0.311 e. The van der Waals surface area contributed by atoms with E-state index in [-0.39, 0.29) is 0 Å². The Bertz CT molecular complexity index is 371. The van der Waals surface area contributed by atoms with Crippen LogP contribution in [0.25, 0.3) is 0 Å². The van der Waals surface area contributed by atoms with E-state index >= 15 is 0 Å². The van der Waals surface area contributed by atoms with Crippen LogP contribution in [0, 0.1) is 5.92 Å². The number of hydrogen-bond acceptors (Lipinski definition) is 4. The van der Waals surface area contributed by atoms with Gasteiger partial charge in [0.2, 0.25) is 0 Å². The molecule has 1 aliphatic heterocycles. The number of hydrogen-bond donors (Lipinski definition) is 1. The van der Waals surface area contributed by atoms with Crippen molar-refractivity contribution in [2.45, 2.75) is 58.7 Å². The first kappa shape index (κ1) is 14.9. The fraction of sp³-hybridized carbons (Fsp3) is 0.800. The van der Waals surface area contributed by atoms with Crippen molar-refractivity contribution < 1.29 is 0 Å². The van der Waals surface area contributed by atoms with Crippen LogP contribution in [0.4, 0.5) is 0 Å². The Morgan fingerprint density at radius 3 is 2.74 bits per heavy atom. The van der Waals surface area contributed by atoms with Gasteiger partial charge in [0.1, 0.15) is 0 Å². The van der Waals surface area contributed by atoms with Gasteiger partial charge in [0.25, 0.3) is 0 Å². The molecule has 0 saturated carbocycles. The normalized spacial score (nSPS) is 23.9. The largest absolute Gasteiger partial charge is 0.311 e. The topological polar surface area (TPSA) is 28.2 Å². The van der Waals surface area contributed by atoms with Crippen LogP contribution < -0.4 is 5.32 Å². The lowest BCUT2D eigenvalue weighted by Gasteiger charge is -2.50. The molecule has 0 aromatic carbocycles. The second-order valence-corrected chi connectivity index (χ2v) is 6.98. The van der Waals surface area contributed by atoms with Crippen LogP contribution in [0.2, 0.25) is 0 Å². The standard InChI is InChI=1S/C15H27N3S/c1-5-15(6-2)10-17-14(12(3)4)9-18(15)8-13-7-16-11-19-13/h7,11-12,14,17H,5-6,8-10H2,1-4H3. The molecule has 0 amide bonds. The predicted molar refractivity (Wildman–Crippen MR) is 82.5 cm³/mol. The predicted octanol–water partition coefficient (Wildman–Crippen LogP) is 3.13. The van der Waals surface area contributed by atoms with Gasteiger partial charge in [-0.25, -0.2) is 0 Å². The Balaban J connectivity index is 2.15. The molecular weight excluding hydrogens is 254 g/mol. The Labute approximate surface area is 121 Å². The van der Waals surface area contributed by atoms with E-state index in [1.54, 1.807) is 11.3 Å². The second-order valence-electron chi connectivity index (χ2n) is 6.01. The molecule has 0 aliphatic carbocycles. The molecule has 1 aromatic heterocycles. The molecule has 0 radical (unpaired) electrons. The summed E-state index contributed by atoms with van der Waals surface area (Å²) in [6, 6.07) is 0.610. The molecule has 1 aliphatic rings. The van der Waals surface area contributed by atoms with Crippen LogP contribution >= 0.6 is 11.3 Å². The average molecular weight is 281 g/mol. The molecule has 108 valence electrons. The third kappa shape index (κ3) is 3.18. The molecule has 1 N–H and O–H groups in total. The monoisotopic (exact) mass is 281 g/mol. The van der Waals surface area contributed by atoms with Gasteiger partial charge in [-0.1, -0.05) is 27.7 Å². The van der Waals surface area contributed by atoms with Crippen LogP contribution in [-0.2, 0) is 6.54 Å². The fourth-order valence-electron chi connectivity index (χ4n) is 3.06. The quantitative estimate of drug-likeness (QED) is 0.899. The maximum atomic E-state index is 4.22. The van der Waals surface area contributed by atoms with Gasteiger partial charge in [0.15, 0.2) is 0 Å². The summed E-state index contributed by atoms with van der Waals surface area (Å²) < 4.78 is 0. The van der Waals surface area contributed by atoms with E-state index in [0.717, 1.165) is 19.6 Å². The third-order valence-corrected chi connectivity index (χ3v) is 5.50. The third-order valence-electron chi connectivity index (χ3n) is 4.73. The van der Waals surface area contributed by atoms with E-state index in [1.807, 2.05) is 11.7 Å². The van der Waals surface area contributed by atoms with E-state index in [9.17, 15) is 0 Å². The molecule has 1 aromatic rings. The summed E-state index contributed by atoms with van der Waals surface area (Å²) in [4.78, 5) is 8.30. The lowest BCUT2D eigenvalue weighted by atomic mass is 9.85. The fourth-order valence-corrected chi connectivity index (χ4v) is 3.67. The van der Waals surface area contributed by atoms with E-state index in [1.165, 1.54) is 17.7 Å². The van der Waals surface area contributed by atoms with Gasteiger partial charge in [-0.2, -0.15) is 0 Å². The zero-order valence-electron chi connectivity index (χ0n) is 12.6. The lowest BCUT2D eigenvalue weighted by Crippen LogP contribution is -2.64. The highest BCUT2D eigenvalue weighted by atomic mass is 32.1. The lowest BCUT2D eigenvalue weighted by molar-refractivity contribution is 0.0163. The summed E-state index contributed by atoms with van der Waals surface area (Å²) in [5.41, 5.74) is 2.26. The van der Waals surface area contributed by atoms with Crippen molar-refractivity contribution in [3.63, 3.8) is 0 Å². The first-order valence-electron chi connectivity index (χ1n) is 7.47. The van der Waals surface area contributed by atoms with Gasteiger partial charge in [0.05, 0.1) is 5.51 Å². The van der Waals surface area contributed by atoms with Crippen molar-refractivity contribution in [2.24, 2.45) is 5.92 Å². The van der Waals surface area contributed by atoms with E-state index in [2.05, 4.69) is 42.9 Å². The smallest absolute Gasteiger partial charge is 0.0794 e. The first-order valence-corrected chi connectivity index (χ1v) is 8.35. The van der Waals surface area contributed by atoms with Crippen molar-refractivity contribution in [1.82, 2.24) is 15.2 Å². The van der Waals surface area contributed by atoms with Crippen LogP contribution in [0.15, 0.2) is 11.7 Å². The molecule has 3 nitrogen and oxygen atoms in total. The molecule has 1 saturated heterocycles. The van der Waals surface area contributed by atoms with Crippen LogP contribution in [-0.4, -0.2) is 34.6 Å². The average Bonchev–Trinajstić information content (AvgIpc) is 2.92. The van der Waals surface area contributed by atoms with E-state index < -0.39 is 0 Å². The van der Waals surface area contributed by atoms with Gasteiger partial charge in [-0.15, -0.1) is 11.3 Å². The summed E-state index contributed by atoms with van der Waals surface area (Å²) in [7, 11) is 0. The van der Waals surface area contributed by atoms with E-state index in [4.69, 9.17) is 0 Å². The molecule has 19 heavy (non-hydrogen) atoms. The summed E-state index contributed by atoms with van der Waals surface area (Å²) in [6.45, 7) is 12.6. The SMILES string of the molecule is CCC1(CC)CNC(C(C)C)CN1Cc1cncs1. The van der Waals surface area contributed by atoms with Gasteiger partial charge in [-0.3, -0.25) is 9.88 Å². The molecule has 1 fully saturated rings. The molecule has 1 atom stereocenters. The minimum atomic E-state index is 0.315. The first-order chi connectivity index (χ1) is 9.11. The highest BCUT2D eigenvalue weighted by molar-refractivity contribution is 7.09. The Morgan fingerprint density at radius 2 is 2.21 bits per heavy atom. The molecule has 0 bridgehead atoms. The maximum absolute atomic E-state index is 4.22. The number of rotatable bonds is 5. The van der Waals surface area contributed by atoms with Crippen molar-refractivity contribution >= 4 is 11.3 Å². The highest BCUT2D eigenvalue weighted by Crippen LogP contribution is 2.30. The van der Waals surface area contributed by atoms with Gasteiger partial charge >= 0.3 is 0 Å². The van der Waals surface area contributed by atoms with Gasteiger partial charge in [-0.05, 0) is 18.8 Å². The van der Waals surface area contributed by atoms with Crippen molar-refractivity contribution in [3.8, 4) is 0 Å². The summed E-state index contributed by atoms with van der Waals surface area (Å²) in [5, 5.41) is 3.77. The molecule has 1 unspecified atom stereocenters. The Morgan fingerprint density at radius 1 is 1.47 bits per heavy atom. The van der Waals surface area contributed by atoms with E-state index in [0.29, 0.717) is 17.5 Å². The number of piperazine rings is 1. The Kier molecular flexibility index (Phi) is 4.98. The second kappa shape index (κ2) is 6.33. The summed E-state index contributed by atoms with van der Waals surface area (Å²) in [6.07, 6.45) is 4.44. The van der Waals surface area contributed by atoms with Crippen LogP contribution in [0.3, 0.4) is 0 Å². The number of thiazole rings is 1. The number of nitrogens with one attached hydrogen (secondary N) is 1. The van der Waals surface area contributed by atoms with Crippen molar-refractivity contribution in [1.29, 1.82) is 0 Å². The minimum absolute atomic E-state index is 0.315. The van der Waals surface area contributed by atoms with Gasteiger partial charge < -0.3 is 5.32 Å². The molecule has 4 heteroatoms. The zero-order chi connectivity index (χ0) is 13.9. The van der Waals surface area contributed by atoms with Crippen LogP contribution in [0.1, 0.15) is 45.4 Å². The van der Waals surface area contributed by atoms with Crippen molar-refractivity contribution in [2.75, 3.05) is 13.1 Å². The highest BCUT2D eigenvalue weighted by Gasteiger charge is 2.39. The molecule has 2 rings (SSSR count). The van der Waals surface area contributed by atoms with Crippen LogP contribution in [0.5, 0.6) is 0 Å². The Hall–Kier alpha value is -0.450. The zero-order valence-corrected chi connectivity index (χ0v) is 13.5. The number of nitrogens with zero attached hydrogens (tertiary/aromatic N) is 2. The summed E-state index contributed by atoms with van der Waals surface area (Å²) >= 11 is 1.77. The number of aromatic nitrogens is 1. The summed E-state index contributed by atoms with van der Waals surface area (Å²) in [5.74, 6) is 0.690. The molecule has 0 spiro atoms. The van der Waals surface area contributed by atoms with Gasteiger partial charge in [0, 0.05) is 42.3 Å². The maximum Gasteiger partial charge on any atom is 0.0794 e. The van der Waals surface area contributed by atoms with Crippen molar-refractivity contribution in [3.05, 3.63) is 16.6 Å². The molecule has 2 heterocycles. The molecular formula is C15H27N3S.